The van der Waals surface area contributed by atoms with Crippen LogP contribution in [0.25, 0.3) is 22.3 Å². The summed E-state index contributed by atoms with van der Waals surface area (Å²) in [5.41, 5.74) is 10.1. The molecule has 4 aromatic rings. The maximum atomic E-state index is 13.5. The van der Waals surface area contributed by atoms with Crippen LogP contribution in [0.4, 0.5) is 4.79 Å². The molecule has 1 amide bonds. The van der Waals surface area contributed by atoms with Gasteiger partial charge in [0.2, 0.25) is 0 Å². The summed E-state index contributed by atoms with van der Waals surface area (Å²) in [4.78, 5) is 15.6. The van der Waals surface area contributed by atoms with Crippen LogP contribution in [-0.2, 0) is 4.74 Å². The molecule has 1 aliphatic heterocycles. The third-order valence-electron chi connectivity index (χ3n) is 8.01. The van der Waals surface area contributed by atoms with Crippen molar-refractivity contribution in [2.45, 2.75) is 72.2 Å². The van der Waals surface area contributed by atoms with Crippen molar-refractivity contribution >= 4 is 33.9 Å². The Labute approximate surface area is 262 Å². The van der Waals surface area contributed by atoms with Crippen molar-refractivity contribution in [3.63, 3.8) is 0 Å². The highest BCUT2D eigenvalue weighted by molar-refractivity contribution is 7.48. The predicted molar refractivity (Wildman–Crippen MR) is 189 cm³/mol. The maximum Gasteiger partial charge on any atom is 0.410 e. The van der Waals surface area contributed by atoms with E-state index in [1.807, 2.05) is 25.7 Å². The third kappa shape index (κ3) is 8.14. The van der Waals surface area contributed by atoms with Gasteiger partial charge in [-0.25, -0.2) is 4.79 Å². The van der Waals surface area contributed by atoms with E-state index in [-0.39, 0.29) is 12.1 Å². The van der Waals surface area contributed by atoms with Crippen LogP contribution in [0, 0.1) is 27.7 Å². The molecule has 1 aliphatic rings. The highest BCUT2D eigenvalue weighted by atomic mass is 31.1. The average Bonchev–Trinajstić information content (AvgIpc) is 3.35. The van der Waals surface area contributed by atoms with Gasteiger partial charge in [-0.15, -0.1) is 0 Å². The molecule has 0 saturated carbocycles. The van der Waals surface area contributed by atoms with E-state index < -0.39 is 5.60 Å². The van der Waals surface area contributed by atoms with Gasteiger partial charge in [0.1, 0.15) is 5.60 Å². The van der Waals surface area contributed by atoms with Gasteiger partial charge in [0.15, 0.2) is 0 Å². The Bertz CT molecular complexity index is 1570. The number of amides is 1. The van der Waals surface area contributed by atoms with E-state index in [1.54, 1.807) is 0 Å². The molecular formula is C38H45NO2P2. The van der Waals surface area contributed by atoms with E-state index in [4.69, 9.17) is 4.74 Å². The molecule has 4 atom stereocenters. The standard InChI is InChI=1S/C38H45NO2P2/c1-25-8-14-29(15-9-25)33-18-12-27(3)20-35(33)42-24-31-22-32(23-39(31)37(40)41-38(5,6)7)43-36-21-28(4)13-19-34(36)30-16-10-26(2)11-17-30/h8-21,31-32,42-43H,22-24H2,1-7H3/t31-,32-/m0/s1. The summed E-state index contributed by atoms with van der Waals surface area (Å²) in [6, 6.07) is 31.4. The van der Waals surface area contributed by atoms with E-state index in [0.29, 0.717) is 22.8 Å². The fourth-order valence-electron chi connectivity index (χ4n) is 5.76. The van der Waals surface area contributed by atoms with Crippen molar-refractivity contribution in [3.05, 3.63) is 107 Å². The van der Waals surface area contributed by atoms with Crippen molar-refractivity contribution in [2.24, 2.45) is 0 Å². The summed E-state index contributed by atoms with van der Waals surface area (Å²) < 4.78 is 5.94. The number of rotatable bonds is 7. The summed E-state index contributed by atoms with van der Waals surface area (Å²) in [7, 11) is 1.23. The van der Waals surface area contributed by atoms with Gasteiger partial charge in [-0.05, 0) is 93.9 Å². The molecular weight excluding hydrogens is 564 g/mol. The highest BCUT2D eigenvalue weighted by Crippen LogP contribution is 2.38. The van der Waals surface area contributed by atoms with Gasteiger partial charge in [-0.2, -0.15) is 0 Å². The van der Waals surface area contributed by atoms with Gasteiger partial charge in [0, 0.05) is 18.2 Å². The van der Waals surface area contributed by atoms with Gasteiger partial charge in [-0.1, -0.05) is 124 Å². The predicted octanol–water partition coefficient (Wildman–Crippen LogP) is 8.94. The first-order chi connectivity index (χ1) is 20.4. The van der Waals surface area contributed by atoms with Crippen LogP contribution < -0.4 is 10.6 Å². The van der Waals surface area contributed by atoms with Gasteiger partial charge in [0.05, 0.1) is 0 Å². The number of likely N-dealkylation sites (tertiary alicyclic amines) is 1. The Hall–Kier alpha value is -2.99. The Morgan fingerprint density at radius 3 is 1.77 bits per heavy atom. The van der Waals surface area contributed by atoms with Crippen molar-refractivity contribution in [1.29, 1.82) is 0 Å². The molecule has 5 rings (SSSR count). The van der Waals surface area contributed by atoms with Gasteiger partial charge >= 0.3 is 6.09 Å². The van der Waals surface area contributed by atoms with Gasteiger partial charge in [0.25, 0.3) is 0 Å². The summed E-state index contributed by atoms with van der Waals surface area (Å²) in [5.74, 6) is 0. The molecule has 5 heteroatoms. The molecule has 43 heavy (non-hydrogen) atoms. The SMILES string of the molecule is Cc1ccc(-c2ccc(C)cc2PC[C@@H]2C[C@H](Pc3cc(C)ccc3-c3ccc(C)cc3)CN2C(=O)OC(C)(C)C)cc1. The number of ether oxygens (including phenoxy) is 1. The second-order valence-electron chi connectivity index (χ2n) is 13.1. The zero-order valence-electron chi connectivity index (χ0n) is 26.6. The van der Waals surface area contributed by atoms with E-state index >= 15 is 0 Å². The number of carbonyl (C=O) groups is 1. The molecule has 0 spiro atoms. The highest BCUT2D eigenvalue weighted by Gasteiger charge is 2.37. The maximum absolute atomic E-state index is 13.5. The summed E-state index contributed by atoms with van der Waals surface area (Å²) >= 11 is 0. The quantitative estimate of drug-likeness (QED) is 0.196. The van der Waals surface area contributed by atoms with Crippen LogP contribution in [-0.4, -0.2) is 41.0 Å². The van der Waals surface area contributed by atoms with Crippen molar-refractivity contribution < 1.29 is 9.53 Å². The van der Waals surface area contributed by atoms with Crippen molar-refractivity contribution in [3.8, 4) is 22.3 Å². The first kappa shape index (κ1) is 31.4. The topological polar surface area (TPSA) is 29.5 Å². The minimum atomic E-state index is -0.519. The van der Waals surface area contributed by atoms with Crippen LogP contribution in [0.5, 0.6) is 0 Å². The smallest absolute Gasteiger partial charge is 0.410 e. The Morgan fingerprint density at radius 2 is 1.23 bits per heavy atom. The molecule has 1 saturated heterocycles. The largest absolute Gasteiger partial charge is 0.444 e. The molecule has 0 bridgehead atoms. The molecule has 0 radical (unpaired) electrons. The molecule has 1 heterocycles. The summed E-state index contributed by atoms with van der Waals surface area (Å²) in [6.07, 6.45) is 1.76. The fourth-order valence-corrected chi connectivity index (χ4v) is 9.16. The van der Waals surface area contributed by atoms with Crippen LogP contribution in [0.2, 0.25) is 0 Å². The minimum Gasteiger partial charge on any atom is -0.444 e. The minimum absolute atomic E-state index is 0.157. The van der Waals surface area contributed by atoms with E-state index in [1.165, 1.54) is 55.1 Å². The van der Waals surface area contributed by atoms with Crippen LogP contribution >= 0.6 is 17.2 Å². The van der Waals surface area contributed by atoms with Crippen LogP contribution in [0.3, 0.4) is 0 Å². The summed E-state index contributed by atoms with van der Waals surface area (Å²) in [6.45, 7) is 15.2. The Balaban J connectivity index is 1.39. The summed E-state index contributed by atoms with van der Waals surface area (Å²) in [5, 5.41) is 2.76. The number of hydrogen-bond acceptors (Lipinski definition) is 2. The monoisotopic (exact) mass is 609 g/mol. The lowest BCUT2D eigenvalue weighted by molar-refractivity contribution is 0.0242. The lowest BCUT2D eigenvalue weighted by Gasteiger charge is -2.29. The normalized spacial score (nSPS) is 17.4. The number of hydrogen-bond donors (Lipinski definition) is 0. The zero-order chi connectivity index (χ0) is 30.7. The first-order valence-corrected chi connectivity index (χ1v) is 17.6. The van der Waals surface area contributed by atoms with Crippen LogP contribution in [0.1, 0.15) is 49.4 Å². The molecule has 0 aromatic heterocycles. The number of benzene rings is 4. The first-order valence-electron chi connectivity index (χ1n) is 15.3. The van der Waals surface area contributed by atoms with E-state index in [0.717, 1.165) is 19.1 Å². The van der Waals surface area contributed by atoms with Crippen LogP contribution in [0.15, 0.2) is 84.9 Å². The molecule has 1 fully saturated rings. The number of nitrogens with zero attached hydrogens (tertiary/aromatic N) is 1. The molecule has 3 nitrogen and oxygen atoms in total. The lowest BCUT2D eigenvalue weighted by atomic mass is 10.0. The number of carbonyl (C=O) groups excluding carboxylic acids is 1. The lowest BCUT2D eigenvalue weighted by Crippen LogP contribution is -2.41. The van der Waals surface area contributed by atoms with Gasteiger partial charge < -0.3 is 9.64 Å². The average molecular weight is 610 g/mol. The second-order valence-corrected chi connectivity index (χ2v) is 16.0. The molecule has 224 valence electrons. The van der Waals surface area contributed by atoms with Gasteiger partial charge in [-0.3, -0.25) is 0 Å². The molecule has 4 aromatic carbocycles. The van der Waals surface area contributed by atoms with Crippen molar-refractivity contribution in [2.75, 3.05) is 12.7 Å². The van der Waals surface area contributed by atoms with Crippen molar-refractivity contribution in [1.82, 2.24) is 4.90 Å². The van der Waals surface area contributed by atoms with E-state index in [2.05, 4.69) is 113 Å². The fraction of sp³-hybridized carbons (Fsp3) is 0.342. The molecule has 0 aliphatic carbocycles. The van der Waals surface area contributed by atoms with E-state index in [9.17, 15) is 4.79 Å². The molecule has 0 N–H and O–H groups in total. The number of aryl methyl sites for hydroxylation is 4. The Morgan fingerprint density at radius 1 is 0.744 bits per heavy atom. The second kappa shape index (κ2) is 13.3. The molecule has 2 unspecified atom stereocenters. The third-order valence-corrected chi connectivity index (χ3v) is 11.0. The Kier molecular flexibility index (Phi) is 9.75. The zero-order valence-corrected chi connectivity index (χ0v) is 28.6.